The number of anilines is 1. The van der Waals surface area contributed by atoms with E-state index in [1.165, 1.54) is 28.1 Å². The molecule has 0 bridgehead atoms. The number of rotatable bonds is 3. The van der Waals surface area contributed by atoms with Crippen molar-refractivity contribution in [2.24, 2.45) is 7.05 Å². The number of hydrogen-bond acceptors (Lipinski definition) is 2. The van der Waals surface area contributed by atoms with Gasteiger partial charge in [0.1, 0.15) is 0 Å². The molecule has 0 spiro atoms. The fraction of sp³-hybridized carbons (Fsp3) is 0.357. The van der Waals surface area contributed by atoms with Gasteiger partial charge in [0.2, 0.25) is 0 Å². The van der Waals surface area contributed by atoms with E-state index in [0.29, 0.717) is 0 Å². The number of aryl methyl sites for hydroxylation is 3. The molecule has 1 heterocycles. The summed E-state index contributed by atoms with van der Waals surface area (Å²) in [4.78, 5) is 0. The molecular weight excluding hydrogens is 210 g/mol. The van der Waals surface area contributed by atoms with Crippen LogP contribution in [-0.4, -0.2) is 9.78 Å². The number of aromatic nitrogens is 2. The van der Waals surface area contributed by atoms with Crippen LogP contribution in [-0.2, 0) is 13.6 Å². The van der Waals surface area contributed by atoms with Crippen LogP contribution in [0.1, 0.15) is 22.4 Å². The highest BCUT2D eigenvalue weighted by Crippen LogP contribution is 2.15. The lowest BCUT2D eigenvalue weighted by atomic mass is 10.1. The number of benzene rings is 1. The zero-order valence-electron chi connectivity index (χ0n) is 10.9. The van der Waals surface area contributed by atoms with E-state index < -0.39 is 0 Å². The zero-order chi connectivity index (χ0) is 12.4. The zero-order valence-corrected chi connectivity index (χ0v) is 10.9. The summed E-state index contributed by atoms with van der Waals surface area (Å²) in [6.07, 6.45) is 1.92. The van der Waals surface area contributed by atoms with Crippen LogP contribution in [0.5, 0.6) is 0 Å². The minimum absolute atomic E-state index is 0.822. The molecule has 0 aliphatic heterocycles. The highest BCUT2D eigenvalue weighted by atomic mass is 15.3. The van der Waals surface area contributed by atoms with Crippen LogP contribution in [0.2, 0.25) is 0 Å². The van der Waals surface area contributed by atoms with Gasteiger partial charge in [-0.3, -0.25) is 4.68 Å². The normalized spacial score (nSPS) is 10.6. The van der Waals surface area contributed by atoms with E-state index in [4.69, 9.17) is 0 Å². The van der Waals surface area contributed by atoms with Crippen molar-refractivity contribution in [3.63, 3.8) is 0 Å². The summed E-state index contributed by atoms with van der Waals surface area (Å²) in [5.41, 5.74) is 6.20. The Hall–Kier alpha value is -1.77. The molecule has 0 radical (unpaired) electrons. The average Bonchev–Trinajstić information content (AvgIpc) is 2.56. The molecule has 0 unspecified atom stereocenters. The summed E-state index contributed by atoms with van der Waals surface area (Å²) >= 11 is 0. The first kappa shape index (κ1) is 11.7. The molecule has 0 saturated heterocycles. The summed E-state index contributed by atoms with van der Waals surface area (Å²) in [5, 5.41) is 7.68. The van der Waals surface area contributed by atoms with Crippen LogP contribution in [0, 0.1) is 20.8 Å². The Morgan fingerprint density at radius 3 is 2.29 bits per heavy atom. The van der Waals surface area contributed by atoms with Crippen molar-refractivity contribution in [3.05, 3.63) is 46.8 Å². The van der Waals surface area contributed by atoms with Crippen LogP contribution in [0.15, 0.2) is 24.4 Å². The standard InChI is InChI=1S/C14H19N3/c1-10-5-11(2)7-14(6-10)15-8-13-9-16-17(4)12(13)3/h5-7,9,15H,8H2,1-4H3. The quantitative estimate of drug-likeness (QED) is 0.877. The Morgan fingerprint density at radius 2 is 1.76 bits per heavy atom. The van der Waals surface area contributed by atoms with Crippen LogP contribution < -0.4 is 5.32 Å². The van der Waals surface area contributed by atoms with Gasteiger partial charge in [-0.05, 0) is 44.0 Å². The molecule has 1 aromatic carbocycles. The van der Waals surface area contributed by atoms with Gasteiger partial charge in [-0.15, -0.1) is 0 Å². The van der Waals surface area contributed by atoms with Crippen LogP contribution in [0.4, 0.5) is 5.69 Å². The Bertz CT molecular complexity index is 506. The minimum Gasteiger partial charge on any atom is -0.381 e. The number of nitrogens with zero attached hydrogens (tertiary/aromatic N) is 2. The summed E-state index contributed by atoms with van der Waals surface area (Å²) in [7, 11) is 1.97. The van der Waals surface area contributed by atoms with Crippen molar-refractivity contribution in [2.75, 3.05) is 5.32 Å². The largest absolute Gasteiger partial charge is 0.381 e. The second-order valence-corrected chi connectivity index (χ2v) is 4.61. The topological polar surface area (TPSA) is 29.9 Å². The first-order chi connectivity index (χ1) is 8.06. The molecule has 0 aliphatic rings. The van der Waals surface area contributed by atoms with Crippen molar-refractivity contribution in [2.45, 2.75) is 27.3 Å². The third-order valence-electron chi connectivity index (χ3n) is 3.04. The van der Waals surface area contributed by atoms with Crippen molar-refractivity contribution in [1.82, 2.24) is 9.78 Å². The predicted molar refractivity (Wildman–Crippen MR) is 71.2 cm³/mol. The lowest BCUT2D eigenvalue weighted by Crippen LogP contribution is -2.01. The molecule has 0 amide bonds. The van der Waals surface area contributed by atoms with Crippen molar-refractivity contribution in [1.29, 1.82) is 0 Å². The van der Waals surface area contributed by atoms with Gasteiger partial charge in [0, 0.05) is 30.5 Å². The maximum atomic E-state index is 4.24. The van der Waals surface area contributed by atoms with E-state index in [1.54, 1.807) is 0 Å². The molecule has 1 N–H and O–H groups in total. The molecule has 3 heteroatoms. The van der Waals surface area contributed by atoms with E-state index >= 15 is 0 Å². The third-order valence-corrected chi connectivity index (χ3v) is 3.04. The highest BCUT2D eigenvalue weighted by Gasteiger charge is 2.03. The fourth-order valence-electron chi connectivity index (χ4n) is 1.99. The summed E-state index contributed by atoms with van der Waals surface area (Å²) < 4.78 is 1.90. The maximum Gasteiger partial charge on any atom is 0.0542 e. The second-order valence-electron chi connectivity index (χ2n) is 4.61. The van der Waals surface area contributed by atoms with Crippen molar-refractivity contribution < 1.29 is 0 Å². The Balaban J connectivity index is 2.09. The van der Waals surface area contributed by atoms with E-state index in [-0.39, 0.29) is 0 Å². The van der Waals surface area contributed by atoms with Gasteiger partial charge in [0.25, 0.3) is 0 Å². The molecule has 0 saturated carbocycles. The van der Waals surface area contributed by atoms with Gasteiger partial charge in [-0.1, -0.05) is 6.07 Å². The van der Waals surface area contributed by atoms with E-state index in [0.717, 1.165) is 6.54 Å². The molecule has 0 atom stereocenters. The number of hydrogen-bond donors (Lipinski definition) is 1. The molecular formula is C14H19N3. The summed E-state index contributed by atoms with van der Waals surface area (Å²) in [5.74, 6) is 0. The lowest BCUT2D eigenvalue weighted by Gasteiger charge is -2.08. The number of nitrogens with one attached hydrogen (secondary N) is 1. The van der Waals surface area contributed by atoms with Crippen LogP contribution >= 0.6 is 0 Å². The molecule has 0 fully saturated rings. The molecule has 90 valence electrons. The first-order valence-corrected chi connectivity index (χ1v) is 5.86. The van der Waals surface area contributed by atoms with Gasteiger partial charge in [-0.25, -0.2) is 0 Å². The second kappa shape index (κ2) is 4.62. The Kier molecular flexibility index (Phi) is 3.18. The van der Waals surface area contributed by atoms with Gasteiger partial charge >= 0.3 is 0 Å². The van der Waals surface area contributed by atoms with E-state index in [1.807, 2.05) is 17.9 Å². The molecule has 2 aromatic rings. The van der Waals surface area contributed by atoms with E-state index in [2.05, 4.69) is 49.4 Å². The molecule has 3 nitrogen and oxygen atoms in total. The van der Waals surface area contributed by atoms with Gasteiger partial charge in [-0.2, -0.15) is 5.10 Å². The smallest absolute Gasteiger partial charge is 0.0542 e. The van der Waals surface area contributed by atoms with Crippen molar-refractivity contribution in [3.8, 4) is 0 Å². The highest BCUT2D eigenvalue weighted by molar-refractivity contribution is 5.48. The third kappa shape index (κ3) is 2.67. The average molecular weight is 229 g/mol. The monoisotopic (exact) mass is 229 g/mol. The van der Waals surface area contributed by atoms with Gasteiger partial charge < -0.3 is 5.32 Å². The fourth-order valence-corrected chi connectivity index (χ4v) is 1.99. The van der Waals surface area contributed by atoms with Gasteiger partial charge in [0.05, 0.1) is 6.20 Å². The summed E-state index contributed by atoms with van der Waals surface area (Å²) in [6, 6.07) is 6.51. The van der Waals surface area contributed by atoms with E-state index in [9.17, 15) is 0 Å². The molecule has 17 heavy (non-hydrogen) atoms. The van der Waals surface area contributed by atoms with Crippen LogP contribution in [0.3, 0.4) is 0 Å². The van der Waals surface area contributed by atoms with Crippen LogP contribution in [0.25, 0.3) is 0 Å². The Labute approximate surface area is 102 Å². The molecule has 2 rings (SSSR count). The molecule has 0 aliphatic carbocycles. The molecule has 1 aromatic heterocycles. The summed E-state index contributed by atoms with van der Waals surface area (Å²) in [6.45, 7) is 7.15. The van der Waals surface area contributed by atoms with Gasteiger partial charge in [0.15, 0.2) is 0 Å². The predicted octanol–water partition coefficient (Wildman–Crippen LogP) is 2.96. The minimum atomic E-state index is 0.822. The Morgan fingerprint density at radius 1 is 1.12 bits per heavy atom. The lowest BCUT2D eigenvalue weighted by molar-refractivity contribution is 0.738. The first-order valence-electron chi connectivity index (χ1n) is 5.86. The maximum absolute atomic E-state index is 4.24. The van der Waals surface area contributed by atoms with Crippen molar-refractivity contribution >= 4 is 5.69 Å². The SMILES string of the molecule is Cc1cc(C)cc(NCc2cnn(C)c2C)c1.